The van der Waals surface area contributed by atoms with Gasteiger partial charge in [0.2, 0.25) is 5.41 Å². The summed E-state index contributed by atoms with van der Waals surface area (Å²) in [5.74, 6) is 1.00. The van der Waals surface area contributed by atoms with Crippen LogP contribution in [-0.4, -0.2) is 38.8 Å². The first-order chi connectivity index (χ1) is 29.4. The lowest BCUT2D eigenvalue weighted by Crippen LogP contribution is -2.54. The molecule has 0 N–H and O–H groups in total. The Balaban J connectivity index is 1.01. The molecule has 0 saturated heterocycles. The van der Waals surface area contributed by atoms with E-state index in [1.807, 2.05) is 12.1 Å². The van der Waals surface area contributed by atoms with Crippen LogP contribution in [0.1, 0.15) is 22.3 Å². The second-order valence-electron chi connectivity index (χ2n) is 12.9. The first kappa shape index (κ1) is 42.9. The fourth-order valence-electron chi connectivity index (χ4n) is 5.88. The zero-order valence-electron chi connectivity index (χ0n) is 31.8. The van der Waals surface area contributed by atoms with E-state index in [0.29, 0.717) is 45.4 Å². The van der Waals surface area contributed by atoms with Crippen molar-refractivity contribution in [3.8, 4) is 35.1 Å². The first-order valence-electron chi connectivity index (χ1n) is 18.3. The van der Waals surface area contributed by atoms with Gasteiger partial charge < -0.3 is 18.9 Å². The molecule has 0 atom stereocenters. The van der Waals surface area contributed by atoms with E-state index in [0.717, 1.165) is 48.5 Å². The Kier molecular flexibility index (Phi) is 13.6. The Morgan fingerprint density at radius 2 is 0.590 bits per heavy atom. The molecule has 0 spiro atoms. The molecule has 0 unspecified atom stereocenters. The molecule has 16 heteroatoms. The number of ether oxygens (including phenoxy) is 4. The second-order valence-corrected chi connectivity index (χ2v) is 12.9. The fourth-order valence-corrected chi connectivity index (χ4v) is 5.88. The van der Waals surface area contributed by atoms with Crippen LogP contribution in [0.3, 0.4) is 0 Å². The van der Waals surface area contributed by atoms with E-state index >= 15 is 0 Å². The number of hydrogen-bond acceptors (Lipinski definition) is 10. The molecule has 6 aromatic carbocycles. The number of azo groups is 2. The van der Waals surface area contributed by atoms with Gasteiger partial charge in [-0.1, -0.05) is 24.3 Å². The van der Waals surface area contributed by atoms with Crippen LogP contribution in [0.2, 0.25) is 0 Å². The van der Waals surface area contributed by atoms with Gasteiger partial charge in [-0.3, -0.25) is 0 Å². The molecule has 6 rings (SSSR count). The molecule has 0 bridgehead atoms. The second kappa shape index (κ2) is 19.4. The van der Waals surface area contributed by atoms with Crippen molar-refractivity contribution in [2.24, 2.45) is 20.5 Å². The summed E-state index contributed by atoms with van der Waals surface area (Å²) in [6.07, 6.45) is -11.6. The summed E-state index contributed by atoms with van der Waals surface area (Å²) in [7, 11) is 0. The maximum Gasteiger partial charge on any atom is 0.411 e. The molecule has 61 heavy (non-hydrogen) atoms. The van der Waals surface area contributed by atoms with Crippen molar-refractivity contribution in [2.45, 2.75) is 17.8 Å². The molecule has 0 aliphatic heterocycles. The molecule has 0 radical (unpaired) electrons. The van der Waals surface area contributed by atoms with Gasteiger partial charge in [-0.2, -0.15) is 57.3 Å². The zero-order chi connectivity index (χ0) is 43.3. The van der Waals surface area contributed by atoms with Crippen LogP contribution in [0.15, 0.2) is 166 Å². The first-order valence-corrected chi connectivity index (χ1v) is 18.3. The van der Waals surface area contributed by atoms with Crippen LogP contribution in [0, 0.1) is 22.7 Å². The monoisotopic (exact) mass is 834 g/mol. The predicted octanol–water partition coefficient (Wildman–Crippen LogP) is 12.6. The fraction of sp³-hybridized carbons (Fsp3) is 0.156. The van der Waals surface area contributed by atoms with Crippen molar-refractivity contribution < 1.29 is 45.3 Å². The van der Waals surface area contributed by atoms with Gasteiger partial charge in [0, 0.05) is 0 Å². The molecule has 6 aromatic rings. The SMILES string of the molecule is N#Cc1ccc(N=Nc2ccc(OCCOc3ccc(C(c4ccc(OCCOc5ccc(N=Nc6ccc(C#N)cc6)cc5)cc4)(C(F)(F)F)C(F)(F)F)cc3)cc2)cc1. The standard InChI is InChI=1S/C45H32F6N6O4/c46-44(47,48)43(45(49,50)51,33-5-17-39(18-6-33)58-25-27-60-41-21-13-37(14-22-41)56-54-35-9-1-31(29-52)2-10-35)34-7-19-40(20-8-34)59-26-28-61-42-23-15-38(16-24-42)57-55-36-11-3-32(30-53)4-12-36/h1-24H,25-28H2. The average Bonchev–Trinajstić information content (AvgIpc) is 3.26. The summed E-state index contributed by atoms with van der Waals surface area (Å²) in [4.78, 5) is 0. The summed E-state index contributed by atoms with van der Waals surface area (Å²) in [5, 5.41) is 34.3. The maximum absolute atomic E-state index is 14.7. The smallest absolute Gasteiger partial charge is 0.411 e. The lowest BCUT2D eigenvalue weighted by molar-refractivity contribution is -0.288. The highest BCUT2D eigenvalue weighted by Crippen LogP contribution is 2.56. The molecule has 0 aliphatic carbocycles. The van der Waals surface area contributed by atoms with E-state index < -0.39 is 28.9 Å². The summed E-state index contributed by atoms with van der Waals surface area (Å²) < 4.78 is 111. The molecule has 10 nitrogen and oxygen atoms in total. The van der Waals surface area contributed by atoms with Gasteiger partial charge in [0.05, 0.1) is 46.0 Å². The van der Waals surface area contributed by atoms with Gasteiger partial charge in [-0.15, -0.1) is 0 Å². The third kappa shape index (κ3) is 10.9. The largest absolute Gasteiger partial charge is 0.490 e. The van der Waals surface area contributed by atoms with Crippen LogP contribution in [0.4, 0.5) is 49.1 Å². The summed E-state index contributed by atoms with van der Waals surface area (Å²) >= 11 is 0. The number of alkyl halides is 6. The van der Waals surface area contributed by atoms with Crippen LogP contribution in [0.25, 0.3) is 0 Å². The van der Waals surface area contributed by atoms with Gasteiger partial charge in [-0.05, 0) is 132 Å². The Hall–Kier alpha value is -7.72. The van der Waals surface area contributed by atoms with Gasteiger partial charge in [0.25, 0.3) is 0 Å². The number of hydrogen-bond donors (Lipinski definition) is 0. The number of rotatable bonds is 16. The topological polar surface area (TPSA) is 134 Å². The Bertz CT molecular complexity index is 2320. The molecule has 0 heterocycles. The van der Waals surface area contributed by atoms with E-state index in [-0.39, 0.29) is 37.9 Å². The van der Waals surface area contributed by atoms with Crippen molar-refractivity contribution in [3.63, 3.8) is 0 Å². The molecule has 0 aromatic heterocycles. The Morgan fingerprint density at radius 1 is 0.361 bits per heavy atom. The lowest BCUT2D eigenvalue weighted by Gasteiger charge is -2.38. The molecular formula is C45H32F6N6O4. The Labute approximate surface area is 345 Å². The molecule has 0 saturated carbocycles. The van der Waals surface area contributed by atoms with Crippen molar-refractivity contribution >= 4 is 22.7 Å². The summed E-state index contributed by atoms with van der Waals surface area (Å²) in [6.45, 7) is -0.0761. The highest BCUT2D eigenvalue weighted by atomic mass is 19.4. The highest BCUT2D eigenvalue weighted by molar-refractivity contribution is 5.49. The van der Waals surface area contributed by atoms with Crippen molar-refractivity contribution in [1.29, 1.82) is 10.5 Å². The van der Waals surface area contributed by atoms with E-state index in [2.05, 4.69) is 20.5 Å². The highest BCUT2D eigenvalue weighted by Gasteiger charge is 2.72. The van der Waals surface area contributed by atoms with Crippen LogP contribution in [0.5, 0.6) is 23.0 Å². The van der Waals surface area contributed by atoms with Crippen molar-refractivity contribution in [3.05, 3.63) is 168 Å². The predicted molar refractivity (Wildman–Crippen MR) is 211 cm³/mol. The van der Waals surface area contributed by atoms with E-state index in [9.17, 15) is 26.3 Å². The lowest BCUT2D eigenvalue weighted by atomic mass is 9.73. The van der Waals surface area contributed by atoms with Crippen molar-refractivity contribution in [2.75, 3.05) is 26.4 Å². The number of nitrogens with zero attached hydrogens (tertiary/aromatic N) is 6. The van der Waals surface area contributed by atoms with Crippen LogP contribution < -0.4 is 18.9 Å². The molecule has 0 aliphatic rings. The van der Waals surface area contributed by atoms with E-state index in [1.54, 1.807) is 97.1 Å². The van der Waals surface area contributed by atoms with E-state index in [1.165, 1.54) is 0 Å². The third-order valence-electron chi connectivity index (χ3n) is 8.89. The Morgan fingerprint density at radius 3 is 0.820 bits per heavy atom. The zero-order valence-corrected chi connectivity index (χ0v) is 31.8. The van der Waals surface area contributed by atoms with Gasteiger partial charge in [0.15, 0.2) is 0 Å². The number of nitriles is 2. The van der Waals surface area contributed by atoms with Gasteiger partial charge in [-0.25, -0.2) is 0 Å². The summed E-state index contributed by atoms with van der Waals surface area (Å²) in [5.41, 5.74) is -3.24. The minimum Gasteiger partial charge on any atom is -0.490 e. The van der Waals surface area contributed by atoms with Crippen LogP contribution >= 0.6 is 0 Å². The van der Waals surface area contributed by atoms with Crippen LogP contribution in [-0.2, 0) is 5.41 Å². The van der Waals surface area contributed by atoms with Gasteiger partial charge in [0.1, 0.15) is 49.4 Å². The molecular weight excluding hydrogens is 803 g/mol. The minimum atomic E-state index is -5.78. The third-order valence-corrected chi connectivity index (χ3v) is 8.89. The molecule has 0 amide bonds. The number of halogens is 6. The average molecular weight is 835 g/mol. The number of benzene rings is 6. The molecule has 0 fully saturated rings. The normalized spacial score (nSPS) is 11.9. The van der Waals surface area contributed by atoms with Gasteiger partial charge >= 0.3 is 12.4 Å². The molecule has 308 valence electrons. The summed E-state index contributed by atoms with van der Waals surface area (Å²) in [6, 6.07) is 37.5. The minimum absolute atomic E-state index is 0.0207. The van der Waals surface area contributed by atoms with E-state index in [4.69, 9.17) is 29.5 Å². The quantitative estimate of drug-likeness (QED) is 0.0541. The maximum atomic E-state index is 14.7. The van der Waals surface area contributed by atoms with Crippen molar-refractivity contribution in [1.82, 2.24) is 0 Å².